The molecule has 0 N–H and O–H groups in total. The monoisotopic (exact) mass is 453 g/mol. The first-order valence-electron chi connectivity index (χ1n) is 10.7. The fourth-order valence-electron chi connectivity index (χ4n) is 4.15. The van der Waals surface area contributed by atoms with E-state index in [1.807, 2.05) is 24.0 Å². The number of sulfonamides is 1. The molecule has 0 aliphatic carbocycles. The van der Waals surface area contributed by atoms with Gasteiger partial charge in [0.1, 0.15) is 0 Å². The Kier molecular flexibility index (Phi) is 6.38. The van der Waals surface area contributed by atoms with Gasteiger partial charge in [-0.2, -0.15) is 4.31 Å². The lowest BCUT2D eigenvalue weighted by atomic mass is 10.1. The Labute approximate surface area is 188 Å². The fraction of sp³-hybridized carbons (Fsp3) is 0.348. The largest absolute Gasteiger partial charge is 0.338 e. The van der Waals surface area contributed by atoms with Gasteiger partial charge in [0.25, 0.3) is 5.56 Å². The minimum absolute atomic E-state index is 0.0852. The van der Waals surface area contributed by atoms with Gasteiger partial charge < -0.3 is 4.90 Å². The van der Waals surface area contributed by atoms with E-state index in [4.69, 9.17) is 4.98 Å². The molecule has 0 spiro atoms. The first-order chi connectivity index (χ1) is 15.4. The summed E-state index contributed by atoms with van der Waals surface area (Å²) < 4.78 is 29.4. The molecule has 0 saturated carbocycles. The highest BCUT2D eigenvalue weighted by atomic mass is 32.2. The van der Waals surface area contributed by atoms with Crippen LogP contribution in [0.5, 0.6) is 0 Å². The lowest BCUT2D eigenvalue weighted by Gasteiger charge is -2.39. The van der Waals surface area contributed by atoms with Crippen LogP contribution in [0.3, 0.4) is 0 Å². The van der Waals surface area contributed by atoms with Crippen molar-refractivity contribution in [1.82, 2.24) is 18.8 Å². The van der Waals surface area contributed by atoms with E-state index in [2.05, 4.69) is 4.98 Å². The summed E-state index contributed by atoms with van der Waals surface area (Å²) in [6.07, 6.45) is 4.90. The molecular weight excluding hydrogens is 426 g/mol. The number of benzene rings is 1. The Balaban J connectivity index is 1.67. The third-order valence-corrected chi connectivity index (χ3v) is 7.75. The molecule has 2 aromatic heterocycles. The van der Waals surface area contributed by atoms with Crippen LogP contribution in [0.1, 0.15) is 19.8 Å². The molecule has 1 saturated heterocycles. The number of aromatic nitrogens is 3. The number of rotatable bonds is 6. The maximum Gasteiger partial charge on any atom is 0.255 e. The molecular formula is C23H27N5O3S. The second-order valence-electron chi connectivity index (χ2n) is 7.83. The molecule has 3 heterocycles. The Morgan fingerprint density at radius 2 is 1.84 bits per heavy atom. The molecule has 9 heteroatoms. The average Bonchev–Trinajstić information content (AvgIpc) is 2.83. The summed E-state index contributed by atoms with van der Waals surface area (Å²) in [5.74, 6) is 0.538. The van der Waals surface area contributed by atoms with Crippen LogP contribution >= 0.6 is 0 Å². The van der Waals surface area contributed by atoms with Crippen molar-refractivity contribution in [1.29, 1.82) is 0 Å². The van der Waals surface area contributed by atoms with Crippen molar-refractivity contribution in [2.45, 2.75) is 30.7 Å². The number of hydrogen-bond donors (Lipinski definition) is 0. The van der Waals surface area contributed by atoms with Gasteiger partial charge >= 0.3 is 0 Å². The van der Waals surface area contributed by atoms with Crippen LogP contribution in [-0.4, -0.2) is 52.9 Å². The minimum atomic E-state index is -3.58. The number of pyridine rings is 1. The second kappa shape index (κ2) is 9.22. The van der Waals surface area contributed by atoms with Gasteiger partial charge in [-0.15, -0.1) is 0 Å². The Bertz CT molecular complexity index is 1230. The van der Waals surface area contributed by atoms with E-state index < -0.39 is 10.0 Å². The molecule has 3 aromatic rings. The molecule has 4 rings (SSSR count). The first-order valence-corrected chi connectivity index (χ1v) is 12.2. The third kappa shape index (κ3) is 4.31. The van der Waals surface area contributed by atoms with Gasteiger partial charge in [0.15, 0.2) is 0 Å². The van der Waals surface area contributed by atoms with E-state index in [1.54, 1.807) is 54.1 Å². The van der Waals surface area contributed by atoms with Gasteiger partial charge in [-0.1, -0.05) is 18.2 Å². The quantitative estimate of drug-likeness (QED) is 0.570. The Morgan fingerprint density at radius 3 is 2.53 bits per heavy atom. The van der Waals surface area contributed by atoms with E-state index in [0.29, 0.717) is 36.2 Å². The number of likely N-dealkylation sites (N-methyl/N-ethyl adjacent to an activating group) is 1. The van der Waals surface area contributed by atoms with Crippen LogP contribution in [0, 0.1) is 0 Å². The van der Waals surface area contributed by atoms with Crippen molar-refractivity contribution >= 4 is 16.0 Å². The highest BCUT2D eigenvalue weighted by molar-refractivity contribution is 7.89. The molecule has 1 aliphatic heterocycles. The van der Waals surface area contributed by atoms with Crippen LogP contribution < -0.4 is 10.5 Å². The third-order valence-electron chi connectivity index (χ3n) is 5.87. The molecule has 1 aliphatic rings. The van der Waals surface area contributed by atoms with Crippen molar-refractivity contribution in [3.05, 3.63) is 71.3 Å². The summed E-state index contributed by atoms with van der Waals surface area (Å²) in [6, 6.07) is 13.6. The molecule has 32 heavy (non-hydrogen) atoms. The van der Waals surface area contributed by atoms with Crippen molar-refractivity contribution < 1.29 is 8.42 Å². The van der Waals surface area contributed by atoms with E-state index in [1.165, 1.54) is 10.6 Å². The van der Waals surface area contributed by atoms with Crippen LogP contribution in [0.4, 0.5) is 5.95 Å². The highest BCUT2D eigenvalue weighted by Crippen LogP contribution is 2.26. The summed E-state index contributed by atoms with van der Waals surface area (Å²) in [4.78, 5) is 23.9. The maximum atomic E-state index is 13.2. The fourth-order valence-corrected chi connectivity index (χ4v) is 5.69. The zero-order chi connectivity index (χ0) is 22.7. The van der Waals surface area contributed by atoms with E-state index in [0.717, 1.165) is 18.4 Å². The Morgan fingerprint density at radius 1 is 1.12 bits per heavy atom. The summed E-state index contributed by atoms with van der Waals surface area (Å²) in [7, 11) is -1.88. The van der Waals surface area contributed by atoms with Crippen LogP contribution in [0.15, 0.2) is 70.6 Å². The van der Waals surface area contributed by atoms with E-state index in [-0.39, 0.29) is 11.6 Å². The van der Waals surface area contributed by atoms with Crippen molar-refractivity contribution in [2.75, 3.05) is 24.5 Å². The van der Waals surface area contributed by atoms with Gasteiger partial charge in [-0.05, 0) is 44.0 Å². The molecule has 0 radical (unpaired) electrons. The number of piperidine rings is 1. The molecule has 0 bridgehead atoms. The van der Waals surface area contributed by atoms with Crippen molar-refractivity contribution in [2.24, 2.45) is 7.05 Å². The standard InChI is InChI=1S/C23H27N5O3S/c1-3-28(23-25-21(16-22(29)26(23)2)18-11-13-24-14-12-18)19-8-7-15-27(17-19)32(30,31)20-9-5-4-6-10-20/h4-6,9-14,16,19H,3,7-8,15,17H2,1-2H3. The molecule has 1 atom stereocenters. The van der Waals surface area contributed by atoms with E-state index in [9.17, 15) is 13.2 Å². The number of hydrogen-bond acceptors (Lipinski definition) is 6. The predicted molar refractivity (Wildman–Crippen MR) is 124 cm³/mol. The lowest BCUT2D eigenvalue weighted by molar-refractivity contribution is 0.304. The van der Waals surface area contributed by atoms with Gasteiger partial charge in [0.05, 0.1) is 10.6 Å². The zero-order valence-electron chi connectivity index (χ0n) is 18.3. The summed E-state index contributed by atoms with van der Waals surface area (Å²) in [5.41, 5.74) is 1.23. The lowest BCUT2D eigenvalue weighted by Crippen LogP contribution is -2.51. The summed E-state index contributed by atoms with van der Waals surface area (Å²) in [6.45, 7) is 3.43. The molecule has 1 fully saturated rings. The normalized spacial score (nSPS) is 17.2. The second-order valence-corrected chi connectivity index (χ2v) is 9.77. The SMILES string of the molecule is CCN(c1nc(-c2ccncc2)cc(=O)n1C)C1CCCN(S(=O)(=O)c2ccccc2)C1. The van der Waals surface area contributed by atoms with Gasteiger partial charge in [0.2, 0.25) is 16.0 Å². The van der Waals surface area contributed by atoms with Gasteiger partial charge in [-0.3, -0.25) is 14.3 Å². The van der Waals surface area contributed by atoms with Gasteiger partial charge in [0, 0.05) is 56.7 Å². The first kappa shape index (κ1) is 22.2. The predicted octanol–water partition coefficient (Wildman–Crippen LogP) is 2.52. The zero-order valence-corrected chi connectivity index (χ0v) is 19.1. The van der Waals surface area contributed by atoms with E-state index >= 15 is 0 Å². The smallest absolute Gasteiger partial charge is 0.255 e. The highest BCUT2D eigenvalue weighted by Gasteiger charge is 2.33. The average molecular weight is 454 g/mol. The van der Waals surface area contributed by atoms with Crippen molar-refractivity contribution in [3.63, 3.8) is 0 Å². The van der Waals surface area contributed by atoms with Crippen molar-refractivity contribution in [3.8, 4) is 11.3 Å². The maximum absolute atomic E-state index is 13.2. The van der Waals surface area contributed by atoms with Crippen LogP contribution in [0.2, 0.25) is 0 Å². The number of nitrogens with zero attached hydrogens (tertiary/aromatic N) is 5. The molecule has 1 aromatic carbocycles. The molecule has 1 unspecified atom stereocenters. The Hall–Kier alpha value is -3.04. The summed E-state index contributed by atoms with van der Waals surface area (Å²) >= 11 is 0. The molecule has 0 amide bonds. The molecule has 168 valence electrons. The number of anilines is 1. The van der Waals surface area contributed by atoms with Crippen LogP contribution in [-0.2, 0) is 17.1 Å². The van der Waals surface area contributed by atoms with Gasteiger partial charge in [-0.25, -0.2) is 13.4 Å². The minimum Gasteiger partial charge on any atom is -0.338 e. The topological polar surface area (TPSA) is 88.4 Å². The van der Waals surface area contributed by atoms with Crippen LogP contribution in [0.25, 0.3) is 11.3 Å². The molecule has 8 nitrogen and oxygen atoms in total. The summed E-state index contributed by atoms with van der Waals surface area (Å²) in [5, 5.41) is 0.